The number of hydrogen-bond donors (Lipinski definition) is 6. The van der Waals surface area contributed by atoms with E-state index in [2.05, 4.69) is 10.2 Å². The molecular weight excluding hydrogens is 573 g/mol. The molecule has 1 aromatic carbocycles. The summed E-state index contributed by atoms with van der Waals surface area (Å²) >= 11 is 0. The molecule has 3 aliphatic carbocycles. The second-order valence-electron chi connectivity index (χ2n) is 12.0. The van der Waals surface area contributed by atoms with Crippen molar-refractivity contribution in [2.75, 3.05) is 40.3 Å². The van der Waals surface area contributed by atoms with Crippen LogP contribution in [0.1, 0.15) is 41.5 Å². The van der Waals surface area contributed by atoms with Crippen LogP contribution < -0.4 is 11.1 Å². The number of ketones is 2. The second kappa shape index (κ2) is 10.9. The topological polar surface area (TPSA) is 177 Å². The molecule has 0 unspecified atom stereocenters. The molecule has 4 atom stereocenters. The summed E-state index contributed by atoms with van der Waals surface area (Å²) in [7, 11) is 2.88. The molecule has 0 spiro atoms. The first-order valence-electron chi connectivity index (χ1n) is 14.1. The molecule has 0 bridgehead atoms. The number of nitrogens with zero attached hydrogens (tertiary/aromatic N) is 2. The number of carbonyl (C=O) groups is 3. The van der Waals surface area contributed by atoms with E-state index in [0.717, 1.165) is 32.0 Å². The Balaban J connectivity index is 1.60. The average Bonchev–Trinajstić information content (AvgIpc) is 3.41. The predicted molar refractivity (Wildman–Crippen MR) is 147 cm³/mol. The number of phenols is 1. The van der Waals surface area contributed by atoms with Crippen molar-refractivity contribution in [3.8, 4) is 5.75 Å². The van der Waals surface area contributed by atoms with E-state index in [1.54, 1.807) is 0 Å². The van der Waals surface area contributed by atoms with Crippen molar-refractivity contribution in [2.45, 2.75) is 50.0 Å². The van der Waals surface area contributed by atoms with Crippen LogP contribution in [-0.4, -0.2) is 99.6 Å². The largest absolute Gasteiger partial charge is 0.508 e. The number of alkyl halides is 3. The first-order chi connectivity index (χ1) is 20.1. The average molecular weight is 609 g/mol. The van der Waals surface area contributed by atoms with Gasteiger partial charge in [-0.2, -0.15) is 13.2 Å². The smallest absolute Gasteiger partial charge is 0.417 e. The quantitative estimate of drug-likeness (QED) is 0.195. The lowest BCUT2D eigenvalue weighted by Gasteiger charge is -2.50. The van der Waals surface area contributed by atoms with Crippen molar-refractivity contribution in [3.05, 3.63) is 45.2 Å². The number of likely N-dealkylation sites (N-methyl/N-ethyl adjacent to an activating group) is 1. The van der Waals surface area contributed by atoms with Crippen LogP contribution in [0.15, 0.2) is 23.0 Å². The zero-order chi connectivity index (χ0) is 31.6. The van der Waals surface area contributed by atoms with Crippen LogP contribution in [0, 0.1) is 11.8 Å². The maximum Gasteiger partial charge on any atom is 0.417 e. The number of rotatable bonds is 7. The lowest BCUT2D eigenvalue weighted by atomic mass is 9.57. The molecule has 2 fully saturated rings. The molecule has 7 N–H and O–H groups in total. The normalized spacial score (nSPS) is 27.9. The van der Waals surface area contributed by atoms with E-state index in [0.29, 0.717) is 13.1 Å². The number of carbonyl (C=O) groups excluding carboxylic acids is 3. The minimum absolute atomic E-state index is 0.210. The van der Waals surface area contributed by atoms with Crippen LogP contribution in [0.2, 0.25) is 0 Å². The van der Waals surface area contributed by atoms with Crippen molar-refractivity contribution < 1.29 is 48.0 Å². The Kier molecular flexibility index (Phi) is 7.86. The molecule has 0 radical (unpaired) electrons. The lowest BCUT2D eigenvalue weighted by molar-refractivity contribution is -0.153. The van der Waals surface area contributed by atoms with E-state index < -0.39 is 98.7 Å². The van der Waals surface area contributed by atoms with Crippen molar-refractivity contribution >= 4 is 23.2 Å². The molecule has 43 heavy (non-hydrogen) atoms. The molecule has 1 heterocycles. The third kappa shape index (κ3) is 4.89. The Morgan fingerprint density at radius 2 is 1.84 bits per heavy atom. The molecule has 1 saturated carbocycles. The number of halogens is 3. The summed E-state index contributed by atoms with van der Waals surface area (Å²) in [4.78, 5) is 42.7. The molecule has 1 aliphatic heterocycles. The Labute approximate surface area is 245 Å². The standard InChI is InChI=1S/C29H35F3N4O7/c1-35(2)22-16-10-13-9-15-19(23(38)18(13)25(40)28(16,43)26(41)20(24(22)39)27(33)42)17(37)11-14(21(15)29(30,31)32)12-34-5-8-36-6-3-4-7-36/h11,13,16,22,34,37-38,41,43H,3-10,12H2,1-2H3,(H2,33,42)/t13-,16-,22-,28-/m0/s1. The minimum atomic E-state index is -4.88. The highest BCUT2D eigenvalue weighted by molar-refractivity contribution is 6.24. The van der Waals surface area contributed by atoms with Gasteiger partial charge in [-0.25, -0.2) is 0 Å². The Morgan fingerprint density at radius 3 is 2.42 bits per heavy atom. The zero-order valence-corrected chi connectivity index (χ0v) is 23.8. The number of nitrogens with two attached hydrogens (primary N) is 1. The number of aliphatic hydroxyl groups excluding tert-OH is 2. The summed E-state index contributed by atoms with van der Waals surface area (Å²) in [5.41, 5.74) is -1.32. The number of likely N-dealkylation sites (tertiary alicyclic amines) is 1. The van der Waals surface area contributed by atoms with E-state index in [9.17, 15) is 48.0 Å². The van der Waals surface area contributed by atoms with Gasteiger partial charge in [0.2, 0.25) is 5.78 Å². The summed E-state index contributed by atoms with van der Waals surface area (Å²) in [5, 5.41) is 47.6. The number of amides is 1. The molecular formula is C29H35F3N4O7. The first kappa shape index (κ1) is 31.0. The molecule has 14 heteroatoms. The van der Waals surface area contributed by atoms with Crippen LogP contribution in [0.5, 0.6) is 5.75 Å². The van der Waals surface area contributed by atoms with Gasteiger partial charge in [-0.15, -0.1) is 0 Å². The number of primary amides is 1. The highest BCUT2D eigenvalue weighted by Crippen LogP contribution is 2.54. The van der Waals surface area contributed by atoms with E-state index in [1.807, 2.05) is 0 Å². The summed E-state index contributed by atoms with van der Waals surface area (Å²) in [6.07, 6.45) is -3.49. The molecule has 234 valence electrons. The van der Waals surface area contributed by atoms with Gasteiger partial charge in [-0.05, 0) is 76.0 Å². The molecule has 5 rings (SSSR count). The molecule has 1 amide bonds. The highest BCUT2D eigenvalue weighted by atomic mass is 19.4. The molecule has 1 saturated heterocycles. The molecule has 1 aromatic rings. The monoisotopic (exact) mass is 608 g/mol. The van der Waals surface area contributed by atoms with Gasteiger partial charge in [0.1, 0.15) is 22.8 Å². The van der Waals surface area contributed by atoms with Gasteiger partial charge in [0.15, 0.2) is 11.4 Å². The van der Waals surface area contributed by atoms with Gasteiger partial charge < -0.3 is 36.4 Å². The van der Waals surface area contributed by atoms with Crippen LogP contribution in [0.4, 0.5) is 13.2 Å². The SMILES string of the molecule is CN(C)[C@@H]1C(=O)C(C(N)=O)=C(O)[C@@]2(O)C(=O)C3=C(O)c4c(O)cc(CNCCN5CCCC5)c(C(F)(F)F)c4C[C@H]3C[C@@H]12. The number of aromatic hydroxyl groups is 1. The third-order valence-electron chi connectivity index (χ3n) is 9.21. The summed E-state index contributed by atoms with van der Waals surface area (Å²) in [6, 6.07) is -0.435. The molecule has 0 aromatic heterocycles. The number of nitrogens with one attached hydrogen (secondary N) is 1. The van der Waals surface area contributed by atoms with Crippen LogP contribution in [-0.2, 0) is 33.5 Å². The lowest BCUT2D eigenvalue weighted by Crippen LogP contribution is -2.65. The van der Waals surface area contributed by atoms with Gasteiger partial charge in [0, 0.05) is 31.1 Å². The highest BCUT2D eigenvalue weighted by Gasteiger charge is 2.64. The summed E-state index contributed by atoms with van der Waals surface area (Å²) in [5.74, 6) is -9.02. The molecule has 11 nitrogen and oxygen atoms in total. The Morgan fingerprint density at radius 1 is 1.19 bits per heavy atom. The van der Waals surface area contributed by atoms with Crippen molar-refractivity contribution in [1.29, 1.82) is 0 Å². The van der Waals surface area contributed by atoms with Crippen LogP contribution >= 0.6 is 0 Å². The van der Waals surface area contributed by atoms with Crippen molar-refractivity contribution in [1.82, 2.24) is 15.1 Å². The Hall–Kier alpha value is -3.46. The fraction of sp³-hybridized carbons (Fsp3) is 0.552. The number of phenolic OH excluding ortho intramolecular Hbond substituents is 1. The minimum Gasteiger partial charge on any atom is -0.508 e. The van der Waals surface area contributed by atoms with Gasteiger partial charge in [0.25, 0.3) is 5.91 Å². The number of aliphatic hydroxyl groups is 3. The van der Waals surface area contributed by atoms with Crippen LogP contribution in [0.3, 0.4) is 0 Å². The fourth-order valence-electron chi connectivity index (χ4n) is 7.34. The maximum atomic E-state index is 14.6. The van der Waals surface area contributed by atoms with E-state index in [1.165, 1.54) is 19.0 Å². The first-order valence-corrected chi connectivity index (χ1v) is 14.1. The Bertz CT molecular complexity index is 1450. The summed E-state index contributed by atoms with van der Waals surface area (Å²) in [6.45, 7) is 2.72. The second-order valence-corrected chi connectivity index (χ2v) is 12.0. The number of fused-ring (bicyclic) bond motifs is 3. The molecule has 4 aliphatic rings. The van der Waals surface area contributed by atoms with E-state index >= 15 is 0 Å². The number of benzene rings is 1. The van der Waals surface area contributed by atoms with Gasteiger partial charge in [-0.3, -0.25) is 19.3 Å². The summed E-state index contributed by atoms with van der Waals surface area (Å²) < 4.78 is 43.8. The number of hydrogen-bond acceptors (Lipinski definition) is 10. The van der Waals surface area contributed by atoms with Crippen molar-refractivity contribution in [2.24, 2.45) is 17.6 Å². The van der Waals surface area contributed by atoms with Gasteiger partial charge >= 0.3 is 6.18 Å². The van der Waals surface area contributed by atoms with Crippen molar-refractivity contribution in [3.63, 3.8) is 0 Å². The number of Topliss-reactive ketones (excluding diaryl/α,β-unsaturated/α-hetero) is 2. The van der Waals surface area contributed by atoms with E-state index in [4.69, 9.17) is 5.73 Å². The van der Waals surface area contributed by atoms with E-state index in [-0.39, 0.29) is 18.5 Å². The van der Waals surface area contributed by atoms with Crippen LogP contribution in [0.25, 0.3) is 5.76 Å². The van der Waals surface area contributed by atoms with Gasteiger partial charge in [0.05, 0.1) is 17.2 Å². The zero-order valence-electron chi connectivity index (χ0n) is 23.8. The van der Waals surface area contributed by atoms with Gasteiger partial charge in [-0.1, -0.05) is 0 Å². The fourth-order valence-corrected chi connectivity index (χ4v) is 7.34. The third-order valence-corrected chi connectivity index (χ3v) is 9.21. The predicted octanol–water partition coefficient (Wildman–Crippen LogP) is 1.17. The maximum absolute atomic E-state index is 14.6.